The van der Waals surface area contributed by atoms with Crippen LogP contribution in [-0.4, -0.2) is 15.0 Å². The van der Waals surface area contributed by atoms with Crippen molar-refractivity contribution in [1.29, 1.82) is 0 Å². The molecule has 0 radical (unpaired) electrons. The quantitative estimate of drug-likeness (QED) is 0.862. The van der Waals surface area contributed by atoms with Crippen molar-refractivity contribution in [3.05, 3.63) is 34.2 Å². The predicted octanol–water partition coefficient (Wildman–Crippen LogP) is 3.63. The molecule has 100 valence electrons. The minimum Gasteiger partial charge on any atom is -0.383 e. The molecule has 0 spiro atoms. The molecule has 0 aliphatic carbocycles. The van der Waals surface area contributed by atoms with Gasteiger partial charge in [0, 0.05) is 18.2 Å². The van der Waals surface area contributed by atoms with Crippen molar-refractivity contribution in [2.75, 3.05) is 5.73 Å². The average molecular weight is 339 g/mol. The number of nitrogens with two attached hydrogens (primary N) is 1. The van der Waals surface area contributed by atoms with E-state index in [0.717, 1.165) is 38.8 Å². The Morgan fingerprint density at radius 3 is 2.79 bits per heavy atom. The summed E-state index contributed by atoms with van der Waals surface area (Å²) in [7, 11) is 0. The number of anilines is 1. The number of nitrogens with zero attached hydrogens (tertiary/aromatic N) is 3. The highest BCUT2D eigenvalue weighted by Gasteiger charge is 2.12. The van der Waals surface area contributed by atoms with Crippen LogP contribution in [-0.2, 0) is 6.42 Å². The Kier molecular flexibility index (Phi) is 4.76. The highest BCUT2D eigenvalue weighted by Crippen LogP contribution is 2.33. The van der Waals surface area contributed by atoms with E-state index in [0.29, 0.717) is 5.82 Å². The zero-order valence-corrected chi connectivity index (χ0v) is 13.3. The van der Waals surface area contributed by atoms with Crippen molar-refractivity contribution < 1.29 is 0 Å². The Bertz CT molecular complexity index is 589. The summed E-state index contributed by atoms with van der Waals surface area (Å²) < 4.78 is 0.952. The third kappa shape index (κ3) is 3.45. The molecular formula is C13H15BrN4S. The molecule has 0 atom stereocenters. The van der Waals surface area contributed by atoms with Gasteiger partial charge in [-0.25, -0.2) is 15.0 Å². The van der Waals surface area contributed by atoms with Crippen LogP contribution < -0.4 is 5.73 Å². The molecule has 0 aliphatic heterocycles. The van der Waals surface area contributed by atoms with Gasteiger partial charge in [0.2, 0.25) is 0 Å². The van der Waals surface area contributed by atoms with Gasteiger partial charge in [-0.05, 0) is 53.2 Å². The summed E-state index contributed by atoms with van der Waals surface area (Å²) in [5, 5.41) is 1.75. The highest BCUT2D eigenvalue weighted by atomic mass is 79.9. The molecule has 2 aromatic heterocycles. The molecule has 2 N–H and O–H groups in total. The Hall–Kier alpha value is -1.14. The van der Waals surface area contributed by atoms with Crippen LogP contribution in [0.25, 0.3) is 0 Å². The molecule has 2 heterocycles. The molecule has 6 heteroatoms. The Labute approximate surface area is 125 Å². The van der Waals surface area contributed by atoms with E-state index < -0.39 is 0 Å². The monoisotopic (exact) mass is 338 g/mol. The molecule has 0 fully saturated rings. The van der Waals surface area contributed by atoms with Gasteiger partial charge in [-0.15, -0.1) is 0 Å². The minimum absolute atomic E-state index is 0.549. The normalized spacial score (nSPS) is 10.7. The second-order valence-electron chi connectivity index (χ2n) is 4.10. The first-order valence-electron chi connectivity index (χ1n) is 6.03. The molecule has 0 bridgehead atoms. The lowest BCUT2D eigenvalue weighted by atomic mass is 10.3. The first-order chi connectivity index (χ1) is 9.11. The van der Waals surface area contributed by atoms with E-state index in [1.807, 2.05) is 19.1 Å². The van der Waals surface area contributed by atoms with Crippen LogP contribution in [0.5, 0.6) is 0 Å². The standard InChI is InChI=1S/C13H15BrN4S/c1-3-5-10-17-11(15)8(2)12(18-10)19-13-9(14)6-4-7-16-13/h4,6-7H,3,5H2,1-2H3,(H2,15,17,18). The number of halogens is 1. The third-order valence-corrected chi connectivity index (χ3v) is 4.59. The highest BCUT2D eigenvalue weighted by molar-refractivity contribution is 9.10. The lowest BCUT2D eigenvalue weighted by Crippen LogP contribution is -2.04. The number of hydrogen-bond donors (Lipinski definition) is 1. The molecule has 0 saturated heterocycles. The molecule has 2 aromatic rings. The van der Waals surface area contributed by atoms with Gasteiger partial charge >= 0.3 is 0 Å². The largest absolute Gasteiger partial charge is 0.383 e. The van der Waals surface area contributed by atoms with Crippen LogP contribution in [0.15, 0.2) is 32.9 Å². The van der Waals surface area contributed by atoms with Crippen molar-refractivity contribution in [3.8, 4) is 0 Å². The second-order valence-corrected chi connectivity index (χ2v) is 5.93. The maximum Gasteiger partial charge on any atom is 0.132 e. The minimum atomic E-state index is 0.549. The Balaban J connectivity index is 2.36. The fourth-order valence-electron chi connectivity index (χ4n) is 1.53. The van der Waals surface area contributed by atoms with E-state index in [-0.39, 0.29) is 0 Å². The summed E-state index contributed by atoms with van der Waals surface area (Å²) in [6.07, 6.45) is 3.60. The van der Waals surface area contributed by atoms with Gasteiger partial charge in [0.15, 0.2) is 0 Å². The van der Waals surface area contributed by atoms with E-state index in [9.17, 15) is 0 Å². The van der Waals surface area contributed by atoms with Gasteiger partial charge in [0.1, 0.15) is 21.7 Å². The lowest BCUT2D eigenvalue weighted by Gasteiger charge is -2.09. The zero-order chi connectivity index (χ0) is 13.8. The SMILES string of the molecule is CCCc1nc(N)c(C)c(Sc2ncccc2Br)n1. The second kappa shape index (κ2) is 6.34. The summed E-state index contributed by atoms with van der Waals surface area (Å²) in [5.41, 5.74) is 6.85. The van der Waals surface area contributed by atoms with E-state index in [1.165, 1.54) is 11.8 Å². The van der Waals surface area contributed by atoms with Crippen LogP contribution >= 0.6 is 27.7 Å². The number of pyridine rings is 1. The number of nitrogen functional groups attached to an aromatic ring is 1. The van der Waals surface area contributed by atoms with E-state index >= 15 is 0 Å². The van der Waals surface area contributed by atoms with Crippen LogP contribution in [0, 0.1) is 6.92 Å². The van der Waals surface area contributed by atoms with Gasteiger partial charge in [0.05, 0.1) is 4.47 Å². The fraction of sp³-hybridized carbons (Fsp3) is 0.308. The summed E-state index contributed by atoms with van der Waals surface area (Å²) in [5.74, 6) is 1.34. The predicted molar refractivity (Wildman–Crippen MR) is 81.2 cm³/mol. The van der Waals surface area contributed by atoms with Crippen LogP contribution in [0.2, 0.25) is 0 Å². The third-order valence-electron chi connectivity index (χ3n) is 2.58. The lowest BCUT2D eigenvalue weighted by molar-refractivity contribution is 0.805. The van der Waals surface area contributed by atoms with Gasteiger partial charge in [0.25, 0.3) is 0 Å². The summed E-state index contributed by atoms with van der Waals surface area (Å²) in [6, 6.07) is 3.85. The zero-order valence-electron chi connectivity index (χ0n) is 10.9. The van der Waals surface area contributed by atoms with E-state index in [4.69, 9.17) is 5.73 Å². The first kappa shape index (κ1) is 14.3. The molecule has 4 nitrogen and oxygen atoms in total. The summed E-state index contributed by atoms with van der Waals surface area (Å²) in [6.45, 7) is 4.03. The molecule has 2 rings (SSSR count). The molecule has 0 unspecified atom stereocenters. The fourth-order valence-corrected chi connectivity index (χ4v) is 2.90. The number of aryl methyl sites for hydroxylation is 1. The molecular weight excluding hydrogens is 324 g/mol. The Morgan fingerprint density at radius 1 is 1.32 bits per heavy atom. The van der Waals surface area contributed by atoms with Crippen molar-refractivity contribution >= 4 is 33.5 Å². The van der Waals surface area contributed by atoms with Crippen molar-refractivity contribution in [3.63, 3.8) is 0 Å². The van der Waals surface area contributed by atoms with Crippen molar-refractivity contribution in [2.45, 2.75) is 36.7 Å². The van der Waals surface area contributed by atoms with Crippen LogP contribution in [0.4, 0.5) is 5.82 Å². The first-order valence-corrected chi connectivity index (χ1v) is 7.64. The van der Waals surface area contributed by atoms with Gasteiger partial charge in [-0.1, -0.05) is 6.92 Å². The number of aromatic nitrogens is 3. The average Bonchev–Trinajstić information content (AvgIpc) is 2.38. The van der Waals surface area contributed by atoms with Crippen LogP contribution in [0.3, 0.4) is 0 Å². The van der Waals surface area contributed by atoms with E-state index in [1.54, 1.807) is 6.20 Å². The van der Waals surface area contributed by atoms with Gasteiger partial charge in [-0.2, -0.15) is 0 Å². The molecule has 19 heavy (non-hydrogen) atoms. The van der Waals surface area contributed by atoms with Crippen molar-refractivity contribution in [2.24, 2.45) is 0 Å². The smallest absolute Gasteiger partial charge is 0.132 e. The van der Waals surface area contributed by atoms with Gasteiger partial charge < -0.3 is 5.73 Å². The summed E-state index contributed by atoms with van der Waals surface area (Å²) in [4.78, 5) is 13.2. The maximum atomic E-state index is 5.95. The van der Waals surface area contributed by atoms with E-state index in [2.05, 4.69) is 37.8 Å². The number of hydrogen-bond acceptors (Lipinski definition) is 5. The molecule has 0 aliphatic rings. The topological polar surface area (TPSA) is 64.7 Å². The van der Waals surface area contributed by atoms with Crippen molar-refractivity contribution in [1.82, 2.24) is 15.0 Å². The molecule has 0 aromatic carbocycles. The van der Waals surface area contributed by atoms with Crippen LogP contribution in [0.1, 0.15) is 24.7 Å². The number of rotatable bonds is 4. The molecule has 0 saturated carbocycles. The molecule has 0 amide bonds. The summed E-state index contributed by atoms with van der Waals surface area (Å²) >= 11 is 4.99. The maximum absolute atomic E-state index is 5.95. The van der Waals surface area contributed by atoms with Gasteiger partial charge in [-0.3, -0.25) is 0 Å². The Morgan fingerprint density at radius 2 is 2.11 bits per heavy atom.